The zero-order valence-electron chi connectivity index (χ0n) is 26.2. The first-order valence-corrected chi connectivity index (χ1v) is 15.9. The van der Waals surface area contributed by atoms with Crippen LogP contribution in [0.3, 0.4) is 0 Å². The van der Waals surface area contributed by atoms with E-state index in [0.717, 1.165) is 17.1 Å². The summed E-state index contributed by atoms with van der Waals surface area (Å²) in [6, 6.07) is 22.4. The molecular formula is C35H31BrClFN4O6. The molecule has 0 aliphatic heterocycles. The van der Waals surface area contributed by atoms with Crippen molar-refractivity contribution >= 4 is 51.2 Å². The molecule has 0 radical (unpaired) electrons. The lowest BCUT2D eigenvalue weighted by Gasteiger charge is -2.16. The minimum Gasteiger partial charge on any atom is -0.490 e. The van der Waals surface area contributed by atoms with Gasteiger partial charge < -0.3 is 28.5 Å². The van der Waals surface area contributed by atoms with Gasteiger partial charge in [0, 0.05) is 27.1 Å². The summed E-state index contributed by atoms with van der Waals surface area (Å²) in [5.74, 6) is -0.250. The van der Waals surface area contributed by atoms with Crippen LogP contribution in [0.1, 0.15) is 40.2 Å². The van der Waals surface area contributed by atoms with Crippen molar-refractivity contribution in [1.29, 1.82) is 0 Å². The van der Waals surface area contributed by atoms with Crippen LogP contribution >= 0.6 is 27.5 Å². The fourth-order valence-corrected chi connectivity index (χ4v) is 5.35. The van der Waals surface area contributed by atoms with E-state index >= 15 is 0 Å². The number of para-hydroxylation sites is 1. The van der Waals surface area contributed by atoms with Gasteiger partial charge >= 0.3 is 5.91 Å². The highest BCUT2D eigenvalue weighted by Crippen LogP contribution is 2.42. The Balaban J connectivity index is 1.17. The van der Waals surface area contributed by atoms with Gasteiger partial charge in [0.1, 0.15) is 29.0 Å². The van der Waals surface area contributed by atoms with E-state index in [0.29, 0.717) is 21.5 Å². The van der Waals surface area contributed by atoms with Crippen molar-refractivity contribution in [3.63, 3.8) is 0 Å². The molecule has 0 bridgehead atoms. The number of nitrogens with one attached hydrogen (secondary N) is 2. The Bertz CT molecular complexity index is 1940. The second-order valence-electron chi connectivity index (χ2n) is 10.4. The van der Waals surface area contributed by atoms with Crippen LogP contribution in [0.2, 0.25) is 5.02 Å². The largest absolute Gasteiger partial charge is 0.490 e. The van der Waals surface area contributed by atoms with Crippen LogP contribution < -0.4 is 25.0 Å². The van der Waals surface area contributed by atoms with E-state index in [1.165, 1.54) is 30.5 Å². The van der Waals surface area contributed by atoms with Gasteiger partial charge in [-0.05, 0) is 103 Å². The molecule has 0 saturated carbocycles. The second kappa shape index (κ2) is 15.7. The van der Waals surface area contributed by atoms with Gasteiger partial charge in [-0.1, -0.05) is 23.7 Å². The lowest BCUT2D eigenvalue weighted by molar-refractivity contribution is -0.118. The normalized spacial score (nSPS) is 11.0. The van der Waals surface area contributed by atoms with Gasteiger partial charge in [0.05, 0.1) is 18.5 Å². The smallest absolute Gasteiger partial charge is 0.307 e. The molecule has 48 heavy (non-hydrogen) atoms. The number of benzene rings is 3. The lowest BCUT2D eigenvalue weighted by atomic mass is 10.2. The Kier molecular flexibility index (Phi) is 11.2. The van der Waals surface area contributed by atoms with E-state index in [9.17, 15) is 14.0 Å². The minimum atomic E-state index is -0.594. The maximum absolute atomic E-state index is 13.9. The zero-order valence-corrected chi connectivity index (χ0v) is 28.5. The van der Waals surface area contributed by atoms with Gasteiger partial charge in [0.25, 0.3) is 5.91 Å². The molecule has 2 N–H and O–H groups in total. The molecule has 3 aromatic carbocycles. The van der Waals surface area contributed by atoms with E-state index in [4.69, 9.17) is 30.2 Å². The van der Waals surface area contributed by atoms with Crippen molar-refractivity contribution in [3.8, 4) is 22.9 Å². The molecule has 5 aromatic rings. The third-order valence-electron chi connectivity index (χ3n) is 6.95. The average Bonchev–Trinajstić information content (AvgIpc) is 3.69. The number of aromatic nitrogens is 1. The molecule has 0 fully saturated rings. The fraction of sp³-hybridized carbons (Fsp3) is 0.171. The van der Waals surface area contributed by atoms with Crippen LogP contribution in [0.25, 0.3) is 5.69 Å². The summed E-state index contributed by atoms with van der Waals surface area (Å²) in [7, 11) is 0. The molecule has 2 heterocycles. The SMILES string of the molecule is CCOc1cc(/C=N/NC(=O)c2ccc(COc3ccc(-n4c(C)ccc4C)cc3)o2)c(Br)c(Cl)c1OCC(=O)Nc1ccccc1F. The van der Waals surface area contributed by atoms with Crippen LogP contribution in [0.15, 0.2) is 92.9 Å². The van der Waals surface area contributed by atoms with Gasteiger partial charge in [-0.15, -0.1) is 0 Å². The highest BCUT2D eigenvalue weighted by Gasteiger charge is 2.19. The number of furan rings is 1. The number of rotatable bonds is 13. The van der Waals surface area contributed by atoms with Gasteiger partial charge in [0.2, 0.25) is 0 Å². The highest BCUT2D eigenvalue weighted by atomic mass is 79.9. The van der Waals surface area contributed by atoms with Crippen LogP contribution in [0.4, 0.5) is 10.1 Å². The summed E-state index contributed by atoms with van der Waals surface area (Å²) >= 11 is 9.95. The van der Waals surface area contributed by atoms with Crippen LogP contribution in [0, 0.1) is 19.7 Å². The molecule has 0 unspecified atom stereocenters. The Labute approximate surface area is 289 Å². The van der Waals surface area contributed by atoms with Crippen molar-refractivity contribution in [1.82, 2.24) is 9.99 Å². The fourth-order valence-electron chi connectivity index (χ4n) is 4.70. The molecule has 10 nitrogen and oxygen atoms in total. The topological polar surface area (TPSA) is 116 Å². The lowest BCUT2D eigenvalue weighted by Crippen LogP contribution is -2.21. The van der Waals surface area contributed by atoms with Gasteiger partial charge in [0.15, 0.2) is 23.9 Å². The first kappa shape index (κ1) is 34.3. The van der Waals surface area contributed by atoms with Gasteiger partial charge in [-0.2, -0.15) is 5.10 Å². The Hall–Kier alpha value is -5.07. The summed E-state index contributed by atoms with van der Waals surface area (Å²) in [5, 5.41) is 6.57. The maximum atomic E-state index is 13.9. The van der Waals surface area contributed by atoms with Crippen molar-refractivity contribution in [3.05, 3.63) is 123 Å². The number of carbonyl (C=O) groups is 2. The van der Waals surface area contributed by atoms with Crippen molar-refractivity contribution in [2.75, 3.05) is 18.5 Å². The molecule has 5 rings (SSSR count). The molecule has 0 spiro atoms. The number of halogens is 3. The van der Waals surface area contributed by atoms with Crippen LogP contribution in [-0.4, -0.2) is 35.8 Å². The zero-order chi connectivity index (χ0) is 34.2. The van der Waals surface area contributed by atoms with Gasteiger partial charge in [-0.25, -0.2) is 9.82 Å². The Morgan fingerprint density at radius 3 is 2.44 bits per heavy atom. The van der Waals surface area contributed by atoms with Crippen molar-refractivity contribution in [2.24, 2.45) is 5.10 Å². The van der Waals surface area contributed by atoms with Crippen molar-refractivity contribution in [2.45, 2.75) is 27.4 Å². The van der Waals surface area contributed by atoms with E-state index in [1.54, 1.807) is 25.1 Å². The van der Waals surface area contributed by atoms with Crippen LogP contribution in [0.5, 0.6) is 17.2 Å². The molecule has 0 atom stereocenters. The number of hydrogen-bond donors (Lipinski definition) is 2. The molecular weight excluding hydrogens is 707 g/mol. The second-order valence-corrected chi connectivity index (χ2v) is 11.5. The number of nitrogens with zero attached hydrogens (tertiary/aromatic N) is 2. The van der Waals surface area contributed by atoms with Crippen molar-refractivity contribution < 1.29 is 32.6 Å². The number of amides is 2. The predicted octanol–water partition coefficient (Wildman–Crippen LogP) is 8.00. The maximum Gasteiger partial charge on any atom is 0.307 e. The van der Waals surface area contributed by atoms with E-state index < -0.39 is 24.2 Å². The number of anilines is 1. The Morgan fingerprint density at radius 1 is 1.00 bits per heavy atom. The summed E-state index contributed by atoms with van der Waals surface area (Å²) in [6.45, 7) is 5.81. The summed E-state index contributed by atoms with van der Waals surface area (Å²) in [4.78, 5) is 25.1. The highest BCUT2D eigenvalue weighted by molar-refractivity contribution is 9.10. The molecule has 0 aliphatic rings. The first-order valence-electron chi connectivity index (χ1n) is 14.8. The van der Waals surface area contributed by atoms with E-state index in [-0.39, 0.29) is 41.2 Å². The standard InChI is InChI=1S/C35H31BrClFN4O6/c1-4-45-30-17-23(32(36)33(37)34(30)47-20-31(43)40-28-8-6-5-7-27(28)38)18-39-41-35(44)29-16-15-26(48-29)19-46-25-13-11-24(12-14-25)42-21(2)9-10-22(42)3/h5-18H,4,19-20H2,1-3H3,(H,40,43)(H,41,44)/b39-18+. The van der Waals surface area contributed by atoms with Gasteiger partial charge in [-0.3, -0.25) is 9.59 Å². The summed E-state index contributed by atoms with van der Waals surface area (Å²) < 4.78 is 39.2. The number of carbonyl (C=O) groups excluding carboxylic acids is 2. The first-order chi connectivity index (χ1) is 23.1. The average molecular weight is 738 g/mol. The summed E-state index contributed by atoms with van der Waals surface area (Å²) in [5.41, 5.74) is 6.22. The quantitative estimate of drug-likeness (QED) is 0.0935. The monoisotopic (exact) mass is 736 g/mol. The third kappa shape index (κ3) is 8.25. The Morgan fingerprint density at radius 2 is 1.73 bits per heavy atom. The number of aryl methyl sites for hydroxylation is 2. The number of hydrogen-bond acceptors (Lipinski definition) is 7. The molecule has 2 aromatic heterocycles. The molecule has 0 aliphatic carbocycles. The number of ether oxygens (including phenoxy) is 3. The van der Waals surface area contributed by atoms with E-state index in [2.05, 4.69) is 62.3 Å². The summed E-state index contributed by atoms with van der Waals surface area (Å²) in [6.07, 6.45) is 1.36. The third-order valence-corrected chi connectivity index (χ3v) is 8.40. The molecule has 13 heteroatoms. The number of hydrazone groups is 1. The molecule has 2 amide bonds. The molecule has 248 valence electrons. The predicted molar refractivity (Wildman–Crippen MR) is 184 cm³/mol. The minimum absolute atomic E-state index is 0.0241. The van der Waals surface area contributed by atoms with E-state index in [1.807, 2.05) is 24.3 Å². The van der Waals surface area contributed by atoms with Crippen LogP contribution in [-0.2, 0) is 11.4 Å². The molecule has 0 saturated heterocycles.